The molecule has 0 bridgehead atoms. The Labute approximate surface area is 332 Å². The van der Waals surface area contributed by atoms with E-state index in [1.54, 1.807) is 27.7 Å². The maximum absolute atomic E-state index is 13.9. The lowest BCUT2D eigenvalue weighted by Gasteiger charge is -2.28. The largest absolute Gasteiger partial charge is 0.481 e. The molecule has 7 amide bonds. The van der Waals surface area contributed by atoms with Crippen LogP contribution in [0.3, 0.4) is 0 Å². The normalized spacial score (nSPS) is 21.9. The Morgan fingerprint density at radius 1 is 0.719 bits per heavy atom. The topological polar surface area (TPSA) is 321 Å². The molecule has 0 aromatic carbocycles. The average molecular weight is 811 g/mol. The molecule has 0 saturated carbocycles. The lowest BCUT2D eigenvalue weighted by molar-refractivity contribution is -0.142. The van der Waals surface area contributed by atoms with Crippen LogP contribution in [0.15, 0.2) is 0 Å². The van der Waals surface area contributed by atoms with Crippen molar-refractivity contribution in [2.75, 3.05) is 6.54 Å². The van der Waals surface area contributed by atoms with E-state index in [0.29, 0.717) is 38.4 Å². The minimum atomic E-state index is -1.71. The number of aldehydes is 1. The van der Waals surface area contributed by atoms with Crippen LogP contribution in [-0.2, 0) is 47.9 Å². The van der Waals surface area contributed by atoms with E-state index in [4.69, 9.17) is 5.73 Å². The minimum absolute atomic E-state index is 0.0296. The number of rotatable bonds is 17. The number of aliphatic carboxylic acids is 2. The van der Waals surface area contributed by atoms with Gasteiger partial charge in [-0.05, 0) is 44.4 Å². The fourth-order valence-corrected chi connectivity index (χ4v) is 6.09. The summed E-state index contributed by atoms with van der Waals surface area (Å²) in [5, 5.41) is 36.4. The first-order valence-electron chi connectivity index (χ1n) is 19.5. The molecule has 1 heterocycles. The highest BCUT2D eigenvalue weighted by Crippen LogP contribution is 2.15. The van der Waals surface area contributed by atoms with E-state index in [-0.39, 0.29) is 44.1 Å². The molecule has 11 N–H and O–H groups in total. The van der Waals surface area contributed by atoms with Gasteiger partial charge < -0.3 is 58.0 Å². The molecule has 0 radical (unpaired) electrons. The third-order valence-electron chi connectivity index (χ3n) is 8.98. The van der Waals surface area contributed by atoms with Crippen LogP contribution in [0.2, 0.25) is 0 Å². The number of amides is 7. The lowest BCUT2D eigenvalue weighted by Crippen LogP contribution is -2.60. The summed E-state index contributed by atoms with van der Waals surface area (Å²) < 4.78 is 0. The number of carbonyl (C=O) groups excluding carboxylic acids is 8. The van der Waals surface area contributed by atoms with Crippen LogP contribution in [0.25, 0.3) is 0 Å². The van der Waals surface area contributed by atoms with Crippen LogP contribution in [0.5, 0.6) is 0 Å². The van der Waals surface area contributed by atoms with E-state index in [1.807, 2.05) is 0 Å². The number of carbonyl (C=O) groups is 10. The van der Waals surface area contributed by atoms with Gasteiger partial charge in [0, 0.05) is 0 Å². The molecule has 1 aliphatic heterocycles. The van der Waals surface area contributed by atoms with Crippen LogP contribution in [0.4, 0.5) is 0 Å². The maximum Gasteiger partial charge on any atom is 0.305 e. The number of hydrogen-bond donors (Lipinski definition) is 10. The molecule has 0 unspecified atom stereocenters. The smallest absolute Gasteiger partial charge is 0.305 e. The van der Waals surface area contributed by atoms with Crippen LogP contribution in [0.1, 0.15) is 112 Å². The van der Waals surface area contributed by atoms with Gasteiger partial charge in [-0.3, -0.25) is 43.2 Å². The van der Waals surface area contributed by atoms with E-state index in [0.717, 1.165) is 6.42 Å². The van der Waals surface area contributed by atoms with Crippen LogP contribution in [0, 0.1) is 11.8 Å². The van der Waals surface area contributed by atoms with Gasteiger partial charge in [-0.15, -0.1) is 0 Å². The minimum Gasteiger partial charge on any atom is -0.481 e. The van der Waals surface area contributed by atoms with Crippen LogP contribution >= 0.6 is 0 Å². The second-order valence-corrected chi connectivity index (χ2v) is 15.2. The number of nitrogens with one attached hydrogen (secondary N) is 7. The molecule has 1 rings (SSSR count). The summed E-state index contributed by atoms with van der Waals surface area (Å²) in [5.41, 5.74) is 5.45. The Morgan fingerprint density at radius 2 is 1.28 bits per heavy atom. The monoisotopic (exact) mass is 810 g/mol. The fourth-order valence-electron chi connectivity index (χ4n) is 6.09. The SMILES string of the molecule is CC(C)C[C@H](NC(=O)[C@@H]1CCCCCCCC[C@@H](NC(=O)CN)C(=O)N[C@@H](CC(C)C)C(=O)N[C@@H](CC(=O)O)C(=O)N1)C(=O)N[C@@H](CC(=O)O)C(=O)N[C@@H](C)C=O. The molecule has 0 aromatic rings. The highest BCUT2D eigenvalue weighted by Gasteiger charge is 2.35. The predicted octanol–water partition coefficient (Wildman–Crippen LogP) is -1.27. The third-order valence-corrected chi connectivity index (χ3v) is 8.98. The van der Waals surface area contributed by atoms with E-state index in [9.17, 15) is 58.2 Å². The highest BCUT2D eigenvalue weighted by atomic mass is 16.4. The lowest BCUT2D eigenvalue weighted by atomic mass is 9.99. The highest BCUT2D eigenvalue weighted by molar-refractivity contribution is 5.98. The molecular formula is C37H62N8O12. The zero-order chi connectivity index (χ0) is 43.2. The third kappa shape index (κ3) is 20.0. The average Bonchev–Trinajstić information content (AvgIpc) is 3.11. The van der Waals surface area contributed by atoms with E-state index in [2.05, 4.69) is 37.2 Å². The summed E-state index contributed by atoms with van der Waals surface area (Å²) in [4.78, 5) is 127. The van der Waals surface area contributed by atoms with E-state index >= 15 is 0 Å². The first-order valence-corrected chi connectivity index (χ1v) is 19.5. The molecule has 322 valence electrons. The maximum atomic E-state index is 13.9. The summed E-state index contributed by atoms with van der Waals surface area (Å²) in [6.07, 6.45) is 2.80. The van der Waals surface area contributed by atoms with Crippen molar-refractivity contribution in [3.8, 4) is 0 Å². The van der Waals surface area contributed by atoms with Crippen molar-refractivity contribution in [2.45, 2.75) is 154 Å². The number of hydrogen-bond acceptors (Lipinski definition) is 11. The molecule has 1 aliphatic rings. The van der Waals surface area contributed by atoms with Gasteiger partial charge in [0.25, 0.3) is 0 Å². The quantitative estimate of drug-likeness (QED) is 0.0768. The number of carboxylic acid groups (broad SMARTS) is 2. The molecule has 1 saturated heterocycles. The fraction of sp³-hybridized carbons (Fsp3) is 0.730. The van der Waals surface area contributed by atoms with Crippen molar-refractivity contribution in [1.82, 2.24) is 37.2 Å². The standard InChI is InChI=1S/C37H62N8O12/c1-20(2)14-25-36(56)45-28(17-31(50)51)37(57)41-24(13-11-9-7-6-8-10-12-23(32(52)42-25)40-29(47)18-38)33(53)43-26(15-21(3)4)35(55)44-27(16-30(48)49)34(54)39-22(5)19-46/h19-28H,6-18,38H2,1-5H3,(H,39,54)(H,40,47)(H,41,57)(H,42,52)(H,43,53)(H,44,55)(H,45,56)(H,48,49)(H,50,51)/t22-,23+,24-,25-,26-,27-,28-/m0/s1. The van der Waals surface area contributed by atoms with Gasteiger partial charge in [-0.1, -0.05) is 66.2 Å². The van der Waals surface area contributed by atoms with Crippen molar-refractivity contribution >= 4 is 59.6 Å². The summed E-state index contributed by atoms with van der Waals surface area (Å²) in [7, 11) is 0. The van der Waals surface area contributed by atoms with Gasteiger partial charge in [0.15, 0.2) is 0 Å². The molecule has 20 heteroatoms. The van der Waals surface area contributed by atoms with Crippen molar-refractivity contribution in [2.24, 2.45) is 17.6 Å². The summed E-state index contributed by atoms with van der Waals surface area (Å²) >= 11 is 0. The van der Waals surface area contributed by atoms with Crippen LogP contribution in [-0.4, -0.2) is 119 Å². The van der Waals surface area contributed by atoms with Gasteiger partial charge in [0.05, 0.1) is 25.4 Å². The molecule has 57 heavy (non-hydrogen) atoms. The van der Waals surface area contributed by atoms with Gasteiger partial charge in [-0.25, -0.2) is 0 Å². The Bertz CT molecular complexity index is 1420. The summed E-state index contributed by atoms with van der Waals surface area (Å²) in [6, 6.07) is -9.15. The molecule has 7 atom stereocenters. The Hall–Kier alpha value is -5.14. The van der Waals surface area contributed by atoms with Crippen molar-refractivity contribution in [1.29, 1.82) is 0 Å². The molecule has 0 spiro atoms. The first kappa shape index (κ1) is 49.9. The van der Waals surface area contributed by atoms with Gasteiger partial charge >= 0.3 is 11.9 Å². The Balaban J connectivity index is 3.46. The molecule has 0 aliphatic carbocycles. The van der Waals surface area contributed by atoms with Crippen molar-refractivity contribution in [3.63, 3.8) is 0 Å². The van der Waals surface area contributed by atoms with Gasteiger partial charge in [-0.2, -0.15) is 0 Å². The second-order valence-electron chi connectivity index (χ2n) is 15.2. The number of nitrogens with two attached hydrogens (primary N) is 1. The molecular weight excluding hydrogens is 748 g/mol. The number of carboxylic acids is 2. The van der Waals surface area contributed by atoms with E-state index in [1.165, 1.54) is 6.92 Å². The Morgan fingerprint density at radius 3 is 1.82 bits per heavy atom. The first-order chi connectivity index (χ1) is 26.8. The summed E-state index contributed by atoms with van der Waals surface area (Å²) in [5.74, 6) is -9.01. The summed E-state index contributed by atoms with van der Waals surface area (Å²) in [6.45, 7) is 8.07. The molecule has 1 fully saturated rings. The zero-order valence-electron chi connectivity index (χ0n) is 33.5. The van der Waals surface area contributed by atoms with Crippen LogP contribution < -0.4 is 43.0 Å². The van der Waals surface area contributed by atoms with Gasteiger partial charge in [0.2, 0.25) is 41.4 Å². The molecule has 20 nitrogen and oxygen atoms in total. The van der Waals surface area contributed by atoms with E-state index < -0.39 is 108 Å². The zero-order valence-corrected chi connectivity index (χ0v) is 33.5. The van der Waals surface area contributed by atoms with Crippen molar-refractivity contribution in [3.05, 3.63) is 0 Å². The van der Waals surface area contributed by atoms with Crippen molar-refractivity contribution < 1.29 is 58.2 Å². The predicted molar refractivity (Wildman–Crippen MR) is 205 cm³/mol. The second kappa shape index (κ2) is 25.9. The van der Waals surface area contributed by atoms with Gasteiger partial charge in [0.1, 0.15) is 42.5 Å². The Kier molecular flexibility index (Phi) is 22.7. The molecule has 0 aromatic heterocycles.